The molecule has 0 radical (unpaired) electrons. The van der Waals surface area contributed by atoms with Crippen molar-refractivity contribution >= 4 is 39.1 Å². The first-order valence-corrected chi connectivity index (χ1v) is 10.7. The third-order valence-corrected chi connectivity index (χ3v) is 6.16. The van der Waals surface area contributed by atoms with Gasteiger partial charge in [-0.2, -0.15) is 0 Å². The molecule has 3 aromatic carbocycles. The number of nitrogens with zero attached hydrogens (tertiary/aromatic N) is 1. The zero-order valence-electron chi connectivity index (χ0n) is 16.4. The van der Waals surface area contributed by atoms with Crippen molar-refractivity contribution in [3.8, 4) is 5.75 Å². The average Bonchev–Trinajstić information content (AvgIpc) is 3.36. The summed E-state index contributed by atoms with van der Waals surface area (Å²) in [6, 6.07) is 21.0. The number of fused-ring (bicyclic) bond motifs is 1. The van der Waals surface area contributed by atoms with E-state index in [4.69, 9.17) is 4.74 Å². The minimum Gasteiger partial charge on any atom is -0.507 e. The Kier molecular flexibility index (Phi) is 4.87. The Hall–Kier alpha value is -3.38. The van der Waals surface area contributed by atoms with E-state index < -0.39 is 17.7 Å². The Morgan fingerprint density at radius 3 is 2.48 bits per heavy atom. The summed E-state index contributed by atoms with van der Waals surface area (Å²) >= 11 is 3.43. The van der Waals surface area contributed by atoms with Crippen molar-refractivity contribution in [1.82, 2.24) is 0 Å². The average molecular weight is 476 g/mol. The first-order valence-electron chi connectivity index (χ1n) is 9.92. The Bertz CT molecular complexity index is 1220. The minimum absolute atomic E-state index is 0.0787. The molecule has 5 rings (SSSR count). The smallest absolute Gasteiger partial charge is 0.300 e. The Labute approximate surface area is 187 Å². The molecule has 0 spiro atoms. The van der Waals surface area contributed by atoms with Crippen LogP contribution >= 0.6 is 15.9 Å². The van der Waals surface area contributed by atoms with Gasteiger partial charge in [0.15, 0.2) is 0 Å². The van der Waals surface area contributed by atoms with Gasteiger partial charge in [0.05, 0.1) is 18.2 Å². The molecule has 1 N–H and O–H groups in total. The molecule has 0 saturated carbocycles. The van der Waals surface area contributed by atoms with Crippen LogP contribution in [0.1, 0.15) is 22.7 Å². The van der Waals surface area contributed by atoms with E-state index in [1.807, 2.05) is 48.5 Å². The van der Waals surface area contributed by atoms with Crippen LogP contribution in [0.4, 0.5) is 5.69 Å². The molecule has 2 aliphatic rings. The second kappa shape index (κ2) is 7.71. The summed E-state index contributed by atoms with van der Waals surface area (Å²) in [6.07, 6.45) is 0.741. The third-order valence-electron chi connectivity index (χ3n) is 5.63. The molecule has 3 aromatic rings. The molecule has 0 aromatic heterocycles. The van der Waals surface area contributed by atoms with E-state index in [1.54, 1.807) is 24.3 Å². The van der Waals surface area contributed by atoms with Gasteiger partial charge < -0.3 is 9.84 Å². The highest BCUT2D eigenvalue weighted by Crippen LogP contribution is 2.42. The maximum Gasteiger partial charge on any atom is 0.300 e. The van der Waals surface area contributed by atoms with E-state index in [-0.39, 0.29) is 11.3 Å². The second-order valence-corrected chi connectivity index (χ2v) is 8.39. The highest BCUT2D eigenvalue weighted by Gasteiger charge is 2.46. The number of ketones is 1. The van der Waals surface area contributed by atoms with Crippen LogP contribution in [0.2, 0.25) is 0 Å². The number of anilines is 1. The van der Waals surface area contributed by atoms with Gasteiger partial charge >= 0.3 is 0 Å². The van der Waals surface area contributed by atoms with Gasteiger partial charge in [-0.3, -0.25) is 14.5 Å². The molecule has 2 heterocycles. The van der Waals surface area contributed by atoms with Gasteiger partial charge in [-0.1, -0.05) is 46.3 Å². The van der Waals surface area contributed by atoms with Crippen molar-refractivity contribution in [3.05, 3.63) is 99.5 Å². The van der Waals surface area contributed by atoms with Crippen molar-refractivity contribution in [3.63, 3.8) is 0 Å². The molecule has 1 saturated heterocycles. The van der Waals surface area contributed by atoms with Crippen LogP contribution < -0.4 is 9.64 Å². The molecule has 1 amide bonds. The van der Waals surface area contributed by atoms with Crippen LogP contribution in [-0.4, -0.2) is 23.4 Å². The number of Topliss-reactive ketones (excluding diaryl/α,β-unsaturated/α-hetero) is 1. The van der Waals surface area contributed by atoms with Gasteiger partial charge in [0.1, 0.15) is 11.5 Å². The van der Waals surface area contributed by atoms with Crippen molar-refractivity contribution in [1.29, 1.82) is 0 Å². The van der Waals surface area contributed by atoms with Gasteiger partial charge in [0, 0.05) is 22.1 Å². The number of para-hydroxylation sites is 1. The number of aliphatic hydroxyl groups excluding tert-OH is 1. The quantitative estimate of drug-likeness (QED) is 0.328. The van der Waals surface area contributed by atoms with E-state index in [2.05, 4.69) is 15.9 Å². The van der Waals surface area contributed by atoms with E-state index in [0.29, 0.717) is 17.9 Å². The standard InChI is InChI=1S/C25H18BrNO4/c26-18-9-6-15(7-10-18)22-21(23(28)17-8-11-20-16(14-17)12-13-31-20)24(29)25(30)27(22)19-4-2-1-3-5-19/h1-11,14,22,28H,12-13H2/b23-21-. The summed E-state index contributed by atoms with van der Waals surface area (Å²) in [6.45, 7) is 0.594. The number of carbonyl (C=O) groups is 2. The lowest BCUT2D eigenvalue weighted by Crippen LogP contribution is -2.29. The Balaban J connectivity index is 1.70. The molecule has 5 nitrogen and oxygen atoms in total. The molecule has 0 aliphatic carbocycles. The molecule has 6 heteroatoms. The summed E-state index contributed by atoms with van der Waals surface area (Å²) in [7, 11) is 0. The minimum atomic E-state index is -0.736. The largest absolute Gasteiger partial charge is 0.507 e. The maximum atomic E-state index is 13.1. The summed E-state index contributed by atoms with van der Waals surface area (Å²) < 4.78 is 6.42. The fraction of sp³-hybridized carbons (Fsp3) is 0.120. The molecule has 1 fully saturated rings. The van der Waals surface area contributed by atoms with Gasteiger partial charge in [-0.15, -0.1) is 0 Å². The topological polar surface area (TPSA) is 66.8 Å². The van der Waals surface area contributed by atoms with E-state index >= 15 is 0 Å². The third kappa shape index (κ3) is 3.33. The van der Waals surface area contributed by atoms with Gasteiger partial charge in [0.25, 0.3) is 11.7 Å². The second-order valence-electron chi connectivity index (χ2n) is 7.48. The zero-order valence-corrected chi connectivity index (χ0v) is 18.0. The molecule has 1 atom stereocenters. The fourth-order valence-electron chi connectivity index (χ4n) is 4.14. The highest BCUT2D eigenvalue weighted by molar-refractivity contribution is 9.10. The van der Waals surface area contributed by atoms with Crippen molar-refractivity contribution < 1.29 is 19.4 Å². The lowest BCUT2D eigenvalue weighted by atomic mass is 9.94. The predicted molar refractivity (Wildman–Crippen MR) is 121 cm³/mol. The molecular formula is C25H18BrNO4. The summed E-state index contributed by atoms with van der Waals surface area (Å²) in [5.41, 5.74) is 2.88. The van der Waals surface area contributed by atoms with Crippen LogP contribution in [0.5, 0.6) is 5.75 Å². The summed E-state index contributed by atoms with van der Waals surface area (Å²) in [5, 5.41) is 11.2. The zero-order chi connectivity index (χ0) is 21.5. The number of ether oxygens (including phenoxy) is 1. The number of hydrogen-bond donors (Lipinski definition) is 1. The number of rotatable bonds is 3. The number of halogens is 1. The molecular weight excluding hydrogens is 458 g/mol. The normalized spacial score (nSPS) is 19.4. The van der Waals surface area contributed by atoms with E-state index in [9.17, 15) is 14.7 Å². The highest BCUT2D eigenvalue weighted by atomic mass is 79.9. The van der Waals surface area contributed by atoms with Crippen LogP contribution in [-0.2, 0) is 16.0 Å². The van der Waals surface area contributed by atoms with Crippen LogP contribution in [0, 0.1) is 0 Å². The summed E-state index contributed by atoms with van der Waals surface area (Å²) in [4.78, 5) is 27.7. The molecule has 31 heavy (non-hydrogen) atoms. The van der Waals surface area contributed by atoms with Crippen LogP contribution in [0.25, 0.3) is 5.76 Å². The number of aliphatic hydroxyl groups is 1. The number of amides is 1. The number of carbonyl (C=O) groups excluding carboxylic acids is 2. The van der Waals surface area contributed by atoms with Gasteiger partial charge in [0.2, 0.25) is 0 Å². The molecule has 154 valence electrons. The fourth-order valence-corrected chi connectivity index (χ4v) is 4.40. The Morgan fingerprint density at radius 1 is 1.00 bits per heavy atom. The van der Waals surface area contributed by atoms with E-state index in [0.717, 1.165) is 27.8 Å². The number of hydrogen-bond acceptors (Lipinski definition) is 4. The van der Waals surface area contributed by atoms with Gasteiger partial charge in [-0.25, -0.2) is 0 Å². The monoisotopic (exact) mass is 475 g/mol. The Morgan fingerprint density at radius 2 is 1.74 bits per heavy atom. The van der Waals surface area contributed by atoms with E-state index in [1.165, 1.54) is 4.90 Å². The molecule has 1 unspecified atom stereocenters. The van der Waals surface area contributed by atoms with Crippen molar-refractivity contribution in [2.75, 3.05) is 11.5 Å². The predicted octanol–water partition coefficient (Wildman–Crippen LogP) is 5.01. The van der Waals surface area contributed by atoms with Crippen LogP contribution in [0.3, 0.4) is 0 Å². The van der Waals surface area contributed by atoms with Crippen molar-refractivity contribution in [2.45, 2.75) is 12.5 Å². The SMILES string of the molecule is O=C1C(=O)N(c2ccccc2)C(c2ccc(Br)cc2)/C1=C(/O)c1ccc2c(c1)CCO2. The summed E-state index contributed by atoms with van der Waals surface area (Å²) in [5.74, 6) is -0.763. The first kappa shape index (κ1) is 19.6. The molecule has 0 bridgehead atoms. The van der Waals surface area contributed by atoms with Gasteiger partial charge in [-0.05, 0) is 53.6 Å². The van der Waals surface area contributed by atoms with Crippen molar-refractivity contribution in [2.24, 2.45) is 0 Å². The molecule has 2 aliphatic heterocycles. The maximum absolute atomic E-state index is 13.1. The lowest BCUT2D eigenvalue weighted by Gasteiger charge is -2.25. The number of benzene rings is 3. The first-order chi connectivity index (χ1) is 15.0. The lowest BCUT2D eigenvalue weighted by molar-refractivity contribution is -0.132. The van der Waals surface area contributed by atoms with Crippen LogP contribution in [0.15, 0.2) is 82.8 Å².